The van der Waals surface area contributed by atoms with E-state index in [-0.39, 0.29) is 11.8 Å². The Morgan fingerprint density at radius 1 is 1.15 bits per heavy atom. The lowest BCUT2D eigenvalue weighted by Crippen LogP contribution is -2.34. The van der Waals surface area contributed by atoms with Gasteiger partial charge in [-0.2, -0.15) is 0 Å². The van der Waals surface area contributed by atoms with Gasteiger partial charge in [0.05, 0.1) is 5.69 Å². The van der Waals surface area contributed by atoms with Crippen molar-refractivity contribution >= 4 is 5.91 Å². The lowest BCUT2D eigenvalue weighted by Gasteiger charge is -2.22. The Kier molecular flexibility index (Phi) is 5.19. The van der Waals surface area contributed by atoms with Crippen molar-refractivity contribution < 1.29 is 4.79 Å². The predicted molar refractivity (Wildman–Crippen MR) is 105 cm³/mol. The van der Waals surface area contributed by atoms with Gasteiger partial charge in [-0.05, 0) is 49.8 Å². The third kappa shape index (κ3) is 3.73. The number of carbonyl (C=O) groups is 1. The van der Waals surface area contributed by atoms with Gasteiger partial charge in [-0.1, -0.05) is 13.8 Å². The second-order valence-corrected chi connectivity index (χ2v) is 7.82. The van der Waals surface area contributed by atoms with Crippen LogP contribution in [0.4, 0.5) is 0 Å². The van der Waals surface area contributed by atoms with Gasteiger partial charge in [0.2, 0.25) is 5.91 Å². The summed E-state index contributed by atoms with van der Waals surface area (Å²) in [5, 5.41) is 0. The van der Waals surface area contributed by atoms with E-state index in [2.05, 4.69) is 28.7 Å². The highest BCUT2D eigenvalue weighted by Crippen LogP contribution is 2.40. The van der Waals surface area contributed by atoms with E-state index in [9.17, 15) is 4.79 Å². The predicted octanol–water partition coefficient (Wildman–Crippen LogP) is 4.17. The van der Waals surface area contributed by atoms with Gasteiger partial charge in [0.15, 0.2) is 0 Å². The van der Waals surface area contributed by atoms with Crippen molar-refractivity contribution in [3.05, 3.63) is 42.2 Å². The van der Waals surface area contributed by atoms with Crippen LogP contribution in [0.5, 0.6) is 0 Å². The zero-order valence-corrected chi connectivity index (χ0v) is 16.3. The van der Waals surface area contributed by atoms with Crippen molar-refractivity contribution in [3.63, 3.8) is 0 Å². The Labute approximate surface area is 161 Å². The molecular formula is C22H28N4O. The summed E-state index contributed by atoms with van der Waals surface area (Å²) in [6, 6.07) is 4.03. The number of amides is 1. The third-order valence-corrected chi connectivity index (χ3v) is 5.99. The molecule has 5 nitrogen and oxygen atoms in total. The van der Waals surface area contributed by atoms with Gasteiger partial charge in [0.1, 0.15) is 5.82 Å². The van der Waals surface area contributed by atoms with Crippen LogP contribution in [0.2, 0.25) is 0 Å². The summed E-state index contributed by atoms with van der Waals surface area (Å²) in [5.74, 6) is 2.25. The van der Waals surface area contributed by atoms with Crippen LogP contribution in [0, 0.1) is 5.92 Å². The standard InChI is InChI=1S/C22H28N4O/c1-3-15(4-2)22(27)26-12-9-18(14-26)20-19(16-7-10-23-11-8-16)13-24-21(25-20)17-5-6-17/h7-8,10-11,13,15,17-18H,3-6,9,12,14H2,1-2H3. The molecule has 2 aromatic rings. The molecule has 1 saturated carbocycles. The fourth-order valence-corrected chi connectivity index (χ4v) is 4.09. The Morgan fingerprint density at radius 2 is 1.89 bits per heavy atom. The number of nitrogens with zero attached hydrogens (tertiary/aromatic N) is 4. The van der Waals surface area contributed by atoms with Crippen molar-refractivity contribution in [1.82, 2.24) is 19.9 Å². The number of rotatable bonds is 6. The molecule has 4 rings (SSSR count). The van der Waals surface area contributed by atoms with Crippen LogP contribution in [0.3, 0.4) is 0 Å². The molecule has 1 aliphatic heterocycles. The average Bonchev–Trinajstić information content (AvgIpc) is 3.45. The molecule has 2 aromatic heterocycles. The molecule has 0 N–H and O–H groups in total. The topological polar surface area (TPSA) is 59.0 Å². The lowest BCUT2D eigenvalue weighted by atomic mass is 9.96. The van der Waals surface area contributed by atoms with Crippen LogP contribution < -0.4 is 0 Å². The van der Waals surface area contributed by atoms with Gasteiger partial charge >= 0.3 is 0 Å². The molecule has 1 saturated heterocycles. The van der Waals surface area contributed by atoms with E-state index in [1.165, 1.54) is 12.8 Å². The molecule has 3 heterocycles. The summed E-state index contributed by atoms with van der Waals surface area (Å²) < 4.78 is 0. The average molecular weight is 364 g/mol. The molecular weight excluding hydrogens is 336 g/mol. The molecule has 2 fully saturated rings. The van der Waals surface area contributed by atoms with E-state index in [4.69, 9.17) is 4.98 Å². The quantitative estimate of drug-likeness (QED) is 0.772. The largest absolute Gasteiger partial charge is 0.342 e. The Balaban J connectivity index is 1.62. The third-order valence-electron chi connectivity index (χ3n) is 5.99. The summed E-state index contributed by atoms with van der Waals surface area (Å²) in [7, 11) is 0. The molecule has 27 heavy (non-hydrogen) atoms. The molecule has 1 unspecified atom stereocenters. The van der Waals surface area contributed by atoms with Crippen LogP contribution >= 0.6 is 0 Å². The van der Waals surface area contributed by atoms with Crippen molar-refractivity contribution in [2.45, 2.75) is 57.8 Å². The number of pyridine rings is 1. The number of carbonyl (C=O) groups excluding carboxylic acids is 1. The molecule has 0 aromatic carbocycles. The Bertz CT molecular complexity index is 799. The van der Waals surface area contributed by atoms with E-state index in [1.807, 2.05) is 30.7 Å². The molecule has 142 valence electrons. The van der Waals surface area contributed by atoms with E-state index in [1.54, 1.807) is 0 Å². The molecule has 1 amide bonds. The maximum atomic E-state index is 12.8. The van der Waals surface area contributed by atoms with Gasteiger partial charge in [-0.15, -0.1) is 0 Å². The molecule has 0 bridgehead atoms. The van der Waals surface area contributed by atoms with Crippen LogP contribution in [-0.4, -0.2) is 38.8 Å². The Morgan fingerprint density at radius 3 is 2.56 bits per heavy atom. The van der Waals surface area contributed by atoms with Crippen LogP contribution in [0.25, 0.3) is 11.1 Å². The fraction of sp³-hybridized carbons (Fsp3) is 0.545. The minimum atomic E-state index is 0.149. The van der Waals surface area contributed by atoms with Crippen molar-refractivity contribution in [2.24, 2.45) is 5.92 Å². The minimum Gasteiger partial charge on any atom is -0.342 e. The maximum Gasteiger partial charge on any atom is 0.225 e. The van der Waals surface area contributed by atoms with Gasteiger partial charge in [0.25, 0.3) is 0 Å². The molecule has 1 atom stereocenters. The fourth-order valence-electron chi connectivity index (χ4n) is 4.09. The Hall–Kier alpha value is -2.30. The summed E-state index contributed by atoms with van der Waals surface area (Å²) in [6.45, 7) is 5.81. The number of hydrogen-bond acceptors (Lipinski definition) is 4. The summed E-state index contributed by atoms with van der Waals surface area (Å²) in [5.41, 5.74) is 3.30. The molecule has 5 heteroatoms. The second-order valence-electron chi connectivity index (χ2n) is 7.82. The highest BCUT2D eigenvalue weighted by molar-refractivity contribution is 5.79. The monoisotopic (exact) mass is 364 g/mol. The van der Waals surface area contributed by atoms with Crippen molar-refractivity contribution in [2.75, 3.05) is 13.1 Å². The van der Waals surface area contributed by atoms with Crippen LogP contribution in [-0.2, 0) is 4.79 Å². The van der Waals surface area contributed by atoms with Crippen molar-refractivity contribution in [1.29, 1.82) is 0 Å². The summed E-state index contributed by atoms with van der Waals surface area (Å²) in [4.78, 5) is 28.6. The zero-order valence-electron chi connectivity index (χ0n) is 16.3. The van der Waals surface area contributed by atoms with Gasteiger partial charge in [-0.3, -0.25) is 9.78 Å². The van der Waals surface area contributed by atoms with Gasteiger partial charge in [0, 0.05) is 55.0 Å². The van der Waals surface area contributed by atoms with E-state index >= 15 is 0 Å². The lowest BCUT2D eigenvalue weighted by molar-refractivity contribution is -0.134. The first-order chi connectivity index (χ1) is 13.2. The molecule has 1 aliphatic carbocycles. The van der Waals surface area contributed by atoms with Crippen LogP contribution in [0.1, 0.15) is 69.3 Å². The first-order valence-corrected chi connectivity index (χ1v) is 10.3. The van der Waals surface area contributed by atoms with E-state index < -0.39 is 0 Å². The van der Waals surface area contributed by atoms with Crippen LogP contribution in [0.15, 0.2) is 30.7 Å². The van der Waals surface area contributed by atoms with E-state index in [0.717, 1.165) is 55.0 Å². The highest BCUT2D eigenvalue weighted by atomic mass is 16.2. The molecule has 0 spiro atoms. The van der Waals surface area contributed by atoms with E-state index in [0.29, 0.717) is 11.8 Å². The second kappa shape index (κ2) is 7.75. The minimum absolute atomic E-state index is 0.149. The molecule has 0 radical (unpaired) electrons. The SMILES string of the molecule is CCC(CC)C(=O)N1CCC(c2nc(C3CC3)ncc2-c2ccncc2)C1. The highest BCUT2D eigenvalue weighted by Gasteiger charge is 2.34. The normalized spacial score (nSPS) is 19.7. The number of aromatic nitrogens is 3. The summed E-state index contributed by atoms with van der Waals surface area (Å²) >= 11 is 0. The maximum absolute atomic E-state index is 12.8. The zero-order chi connectivity index (χ0) is 18.8. The first-order valence-electron chi connectivity index (χ1n) is 10.3. The number of hydrogen-bond donors (Lipinski definition) is 0. The van der Waals surface area contributed by atoms with Gasteiger partial charge in [-0.25, -0.2) is 9.97 Å². The molecule has 2 aliphatic rings. The smallest absolute Gasteiger partial charge is 0.225 e. The van der Waals surface area contributed by atoms with Crippen molar-refractivity contribution in [3.8, 4) is 11.1 Å². The summed E-state index contributed by atoms with van der Waals surface area (Å²) in [6.07, 6.45) is 10.8. The first kappa shape index (κ1) is 18.1. The number of likely N-dealkylation sites (tertiary alicyclic amines) is 1. The van der Waals surface area contributed by atoms with Gasteiger partial charge < -0.3 is 4.90 Å².